The maximum atomic E-state index is 3.90. The molecule has 0 amide bonds. The molecule has 0 unspecified atom stereocenters. The predicted molar refractivity (Wildman–Crippen MR) is 91.3 cm³/mol. The fourth-order valence-electron chi connectivity index (χ4n) is 1.68. The zero-order valence-corrected chi connectivity index (χ0v) is 13.5. The van der Waals surface area contributed by atoms with Crippen molar-refractivity contribution in [2.45, 2.75) is 41.5 Å². The van der Waals surface area contributed by atoms with Crippen LogP contribution in [0.15, 0.2) is 72.9 Å². The Hall–Kier alpha value is -1.56. The molecule has 19 heavy (non-hydrogen) atoms. The molecule has 0 bridgehead atoms. The van der Waals surface area contributed by atoms with Crippen LogP contribution in [0.5, 0.6) is 0 Å². The van der Waals surface area contributed by atoms with Crippen molar-refractivity contribution in [2.75, 3.05) is 0 Å². The molecule has 0 aliphatic carbocycles. The minimum absolute atomic E-state index is 0.0675. The summed E-state index contributed by atoms with van der Waals surface area (Å²) >= 11 is 0. The van der Waals surface area contributed by atoms with E-state index in [2.05, 4.69) is 39.2 Å². The van der Waals surface area contributed by atoms with E-state index < -0.39 is 0 Å². The summed E-state index contributed by atoms with van der Waals surface area (Å²) in [6, 6.07) is 0. The Kier molecular flexibility index (Phi) is 12.0. The van der Waals surface area contributed by atoms with E-state index in [1.807, 2.05) is 64.2 Å². The molecule has 0 saturated carbocycles. The van der Waals surface area contributed by atoms with Gasteiger partial charge in [-0.3, -0.25) is 0 Å². The summed E-state index contributed by atoms with van der Waals surface area (Å²) in [6.45, 7) is 20.1. The van der Waals surface area contributed by atoms with Crippen molar-refractivity contribution < 1.29 is 0 Å². The van der Waals surface area contributed by atoms with Crippen molar-refractivity contribution in [3.63, 3.8) is 0 Å². The summed E-state index contributed by atoms with van der Waals surface area (Å²) in [6.07, 6.45) is 16.1. The van der Waals surface area contributed by atoms with Gasteiger partial charge in [0.15, 0.2) is 0 Å². The van der Waals surface area contributed by atoms with Gasteiger partial charge in [0.2, 0.25) is 0 Å². The molecular weight excluding hydrogens is 228 g/mol. The second-order valence-corrected chi connectivity index (χ2v) is 4.33. The number of hydrogen-bond acceptors (Lipinski definition) is 0. The Balaban J connectivity index is 0. The molecule has 0 saturated heterocycles. The molecule has 0 heterocycles. The van der Waals surface area contributed by atoms with Gasteiger partial charge >= 0.3 is 0 Å². The lowest BCUT2D eigenvalue weighted by Crippen LogP contribution is -2.15. The second kappa shape index (κ2) is 11.5. The molecule has 0 atom stereocenters. The van der Waals surface area contributed by atoms with E-state index in [4.69, 9.17) is 0 Å². The summed E-state index contributed by atoms with van der Waals surface area (Å²) in [4.78, 5) is 0. The van der Waals surface area contributed by atoms with Gasteiger partial charge in [0, 0.05) is 5.41 Å². The lowest BCUT2D eigenvalue weighted by atomic mass is 9.76. The normalized spacial score (nSPS) is 13.4. The molecule has 0 spiro atoms. The van der Waals surface area contributed by atoms with E-state index in [1.165, 1.54) is 11.1 Å². The van der Waals surface area contributed by atoms with E-state index in [0.29, 0.717) is 0 Å². The summed E-state index contributed by atoms with van der Waals surface area (Å²) in [5.41, 5.74) is 2.36. The van der Waals surface area contributed by atoms with Crippen LogP contribution >= 0.6 is 0 Å². The molecular formula is C19H30. The topological polar surface area (TPSA) is 0 Å². The molecule has 0 N–H and O–H groups in total. The quantitative estimate of drug-likeness (QED) is 0.482. The fourth-order valence-corrected chi connectivity index (χ4v) is 1.68. The molecule has 0 aromatic rings. The highest BCUT2D eigenvalue weighted by Gasteiger charge is 2.23. The summed E-state index contributed by atoms with van der Waals surface area (Å²) in [7, 11) is 0. The molecule has 0 aliphatic rings. The third-order valence-corrected chi connectivity index (χ3v) is 2.78. The van der Waals surface area contributed by atoms with Crippen LogP contribution in [0.3, 0.4) is 0 Å². The van der Waals surface area contributed by atoms with E-state index >= 15 is 0 Å². The Bertz CT molecular complexity index is 371. The van der Waals surface area contributed by atoms with Gasteiger partial charge in [0.1, 0.15) is 0 Å². The molecule has 0 radical (unpaired) electrons. The van der Waals surface area contributed by atoms with Gasteiger partial charge < -0.3 is 0 Å². The largest absolute Gasteiger partial charge is 0.0991 e. The van der Waals surface area contributed by atoms with Crippen LogP contribution in [0.2, 0.25) is 0 Å². The molecule has 0 aliphatic heterocycles. The Labute approximate surface area is 120 Å². The van der Waals surface area contributed by atoms with Crippen molar-refractivity contribution in [2.24, 2.45) is 5.41 Å². The summed E-state index contributed by atoms with van der Waals surface area (Å²) < 4.78 is 0. The highest BCUT2D eigenvalue weighted by molar-refractivity contribution is 5.42. The van der Waals surface area contributed by atoms with Gasteiger partial charge in [-0.05, 0) is 25.0 Å². The minimum atomic E-state index is -0.0675. The van der Waals surface area contributed by atoms with Crippen molar-refractivity contribution in [3.8, 4) is 0 Å². The van der Waals surface area contributed by atoms with Crippen LogP contribution < -0.4 is 0 Å². The number of allylic oxidation sites excluding steroid dienone is 10. The zero-order chi connectivity index (χ0) is 15.3. The van der Waals surface area contributed by atoms with Gasteiger partial charge in [-0.1, -0.05) is 89.5 Å². The maximum Gasteiger partial charge on any atom is 0.0146 e. The smallest absolute Gasteiger partial charge is 0.0146 e. The van der Waals surface area contributed by atoms with Crippen molar-refractivity contribution in [3.05, 3.63) is 72.9 Å². The first-order valence-electron chi connectivity index (χ1n) is 6.96. The lowest BCUT2D eigenvalue weighted by Gasteiger charge is -2.28. The van der Waals surface area contributed by atoms with Crippen molar-refractivity contribution >= 4 is 0 Å². The lowest BCUT2D eigenvalue weighted by molar-refractivity contribution is 0.566. The van der Waals surface area contributed by atoms with E-state index in [9.17, 15) is 0 Å². The third-order valence-electron chi connectivity index (χ3n) is 2.78. The van der Waals surface area contributed by atoms with Gasteiger partial charge in [-0.2, -0.15) is 0 Å². The molecule has 106 valence electrons. The number of hydrogen-bond donors (Lipinski definition) is 0. The first-order valence-corrected chi connectivity index (χ1v) is 6.96. The third kappa shape index (κ3) is 6.81. The molecule has 0 nitrogen and oxygen atoms in total. The van der Waals surface area contributed by atoms with Crippen LogP contribution in [0.25, 0.3) is 0 Å². The Morgan fingerprint density at radius 2 is 1.47 bits per heavy atom. The van der Waals surface area contributed by atoms with E-state index in [-0.39, 0.29) is 5.41 Å². The fraction of sp³-hybridized carbons (Fsp3) is 0.368. The molecule has 0 heteroatoms. The molecule has 0 aromatic carbocycles. The Morgan fingerprint density at radius 1 is 0.895 bits per heavy atom. The second-order valence-electron chi connectivity index (χ2n) is 4.33. The van der Waals surface area contributed by atoms with Gasteiger partial charge in [0.05, 0.1) is 0 Å². The predicted octanol–water partition coefficient (Wildman–Crippen LogP) is 6.42. The average Bonchev–Trinajstić information content (AvgIpc) is 2.41. The van der Waals surface area contributed by atoms with E-state index in [0.717, 1.165) is 0 Å². The maximum absolute atomic E-state index is 3.90. The summed E-state index contributed by atoms with van der Waals surface area (Å²) in [5, 5.41) is 0. The average molecular weight is 258 g/mol. The van der Waals surface area contributed by atoms with Crippen LogP contribution in [0.4, 0.5) is 0 Å². The highest BCUT2D eigenvalue weighted by Crippen LogP contribution is 2.36. The Morgan fingerprint density at radius 3 is 1.84 bits per heavy atom. The molecule has 0 rings (SSSR count). The van der Waals surface area contributed by atoms with Crippen LogP contribution in [-0.2, 0) is 0 Å². The first-order chi connectivity index (χ1) is 9.04. The van der Waals surface area contributed by atoms with Crippen molar-refractivity contribution in [1.82, 2.24) is 0 Å². The first kappa shape index (κ1) is 19.8. The highest BCUT2D eigenvalue weighted by atomic mass is 14.3. The molecule has 0 aromatic heterocycles. The van der Waals surface area contributed by atoms with Crippen LogP contribution in [0.1, 0.15) is 41.5 Å². The van der Waals surface area contributed by atoms with Crippen LogP contribution in [0, 0.1) is 5.41 Å². The monoisotopic (exact) mass is 258 g/mol. The van der Waals surface area contributed by atoms with Gasteiger partial charge in [-0.25, -0.2) is 0 Å². The van der Waals surface area contributed by atoms with Gasteiger partial charge in [-0.15, -0.1) is 0 Å². The standard InChI is InChI=1S/C17H24.C2H6/c1-7-11-14-15(10-4)17(5,6)16(12-8-2)13-9-3;1-2/h7-14H,2,4H2,1,3,5-6H3;1-2H3/b11-7-,13-9-,15-14+,16-12+;. The van der Waals surface area contributed by atoms with E-state index in [1.54, 1.807) is 0 Å². The minimum Gasteiger partial charge on any atom is -0.0991 e. The summed E-state index contributed by atoms with van der Waals surface area (Å²) in [5.74, 6) is 0. The molecule has 0 fully saturated rings. The SMILES string of the molecule is C=C/C=C(\C=C/C)C(C)(C)/C(C=C)=C/C=C\C.CC. The van der Waals surface area contributed by atoms with Gasteiger partial charge in [0.25, 0.3) is 0 Å². The van der Waals surface area contributed by atoms with Crippen molar-refractivity contribution in [1.29, 1.82) is 0 Å². The zero-order valence-electron chi connectivity index (χ0n) is 13.5. The van der Waals surface area contributed by atoms with Crippen LogP contribution in [-0.4, -0.2) is 0 Å². The number of rotatable bonds is 6.